The average Bonchev–Trinajstić information content (AvgIpc) is 2.36. The van der Waals surface area contributed by atoms with Crippen molar-refractivity contribution in [2.24, 2.45) is 0 Å². The third-order valence-corrected chi connectivity index (χ3v) is 3.72. The highest BCUT2D eigenvalue weighted by Gasteiger charge is 2.18. The van der Waals surface area contributed by atoms with Crippen molar-refractivity contribution in [3.05, 3.63) is 29.6 Å². The predicted octanol–water partition coefficient (Wildman–Crippen LogP) is 1.65. The summed E-state index contributed by atoms with van der Waals surface area (Å²) in [4.78, 5) is 26.4. The molecule has 0 fully saturated rings. The van der Waals surface area contributed by atoms with Crippen LogP contribution in [0, 0.1) is 0 Å². The molecule has 5 nitrogen and oxygen atoms in total. The Kier molecular flexibility index (Phi) is 4.72. The minimum Gasteiger partial charge on any atom is -0.478 e. The minimum atomic E-state index is -1.07. The lowest BCUT2D eigenvalue weighted by atomic mass is 10.2. The van der Waals surface area contributed by atoms with Gasteiger partial charge in [-0.05, 0) is 32.2 Å². The molecule has 6 heteroatoms. The first kappa shape index (κ1) is 14.5. The Balaban J connectivity index is 2.73. The minimum absolute atomic E-state index is 0.0549. The molecular weight excluding hydrogens is 252 g/mol. The SMILES string of the molecule is CSC(C)(C)CNC(=O)c1cc(C(=O)O)ccn1. The molecule has 98 valence electrons. The molecular formula is C12H16N2O3S. The van der Waals surface area contributed by atoms with Crippen molar-refractivity contribution >= 4 is 23.6 Å². The zero-order valence-corrected chi connectivity index (χ0v) is 11.4. The fourth-order valence-corrected chi connectivity index (χ4v) is 1.36. The summed E-state index contributed by atoms with van der Waals surface area (Å²) in [6.07, 6.45) is 3.29. The number of carboxylic acids is 1. The monoisotopic (exact) mass is 268 g/mol. The largest absolute Gasteiger partial charge is 0.478 e. The van der Waals surface area contributed by atoms with Crippen molar-refractivity contribution in [2.75, 3.05) is 12.8 Å². The molecule has 0 saturated carbocycles. The van der Waals surface area contributed by atoms with Crippen molar-refractivity contribution in [1.82, 2.24) is 10.3 Å². The lowest BCUT2D eigenvalue weighted by Crippen LogP contribution is -2.36. The summed E-state index contributed by atoms with van der Waals surface area (Å²) in [5, 5.41) is 11.6. The van der Waals surface area contributed by atoms with E-state index in [1.165, 1.54) is 18.3 Å². The topological polar surface area (TPSA) is 79.3 Å². The Labute approximate surface area is 110 Å². The number of hydrogen-bond donors (Lipinski definition) is 2. The van der Waals surface area contributed by atoms with E-state index in [4.69, 9.17) is 5.11 Å². The van der Waals surface area contributed by atoms with Gasteiger partial charge in [0.1, 0.15) is 5.69 Å². The van der Waals surface area contributed by atoms with E-state index in [1.54, 1.807) is 11.8 Å². The zero-order valence-electron chi connectivity index (χ0n) is 10.6. The number of carbonyl (C=O) groups excluding carboxylic acids is 1. The lowest BCUT2D eigenvalue weighted by Gasteiger charge is -2.22. The second-order valence-electron chi connectivity index (χ2n) is 4.38. The van der Waals surface area contributed by atoms with Crippen LogP contribution in [0.1, 0.15) is 34.7 Å². The van der Waals surface area contributed by atoms with E-state index in [2.05, 4.69) is 10.3 Å². The highest BCUT2D eigenvalue weighted by Crippen LogP contribution is 2.19. The van der Waals surface area contributed by atoms with Crippen LogP contribution in [0.4, 0.5) is 0 Å². The van der Waals surface area contributed by atoms with Gasteiger partial charge in [0.05, 0.1) is 5.56 Å². The van der Waals surface area contributed by atoms with Gasteiger partial charge in [-0.25, -0.2) is 4.79 Å². The van der Waals surface area contributed by atoms with Crippen molar-refractivity contribution in [3.8, 4) is 0 Å². The second kappa shape index (κ2) is 5.86. The van der Waals surface area contributed by atoms with E-state index >= 15 is 0 Å². The van der Waals surface area contributed by atoms with Crippen molar-refractivity contribution in [3.63, 3.8) is 0 Å². The summed E-state index contributed by atoms with van der Waals surface area (Å²) < 4.78 is -0.0694. The van der Waals surface area contributed by atoms with Crippen LogP contribution in [0.2, 0.25) is 0 Å². The summed E-state index contributed by atoms with van der Waals surface area (Å²) >= 11 is 1.64. The Morgan fingerprint density at radius 3 is 2.72 bits per heavy atom. The van der Waals surface area contributed by atoms with Crippen LogP contribution in [-0.2, 0) is 0 Å². The van der Waals surface area contributed by atoms with E-state index in [0.717, 1.165) is 0 Å². The molecule has 0 aliphatic rings. The van der Waals surface area contributed by atoms with E-state index in [-0.39, 0.29) is 21.9 Å². The van der Waals surface area contributed by atoms with Crippen molar-refractivity contribution < 1.29 is 14.7 Å². The molecule has 0 aromatic carbocycles. The van der Waals surface area contributed by atoms with Crippen LogP contribution < -0.4 is 5.32 Å². The molecule has 2 N–H and O–H groups in total. The predicted molar refractivity (Wildman–Crippen MR) is 71.1 cm³/mol. The number of aromatic nitrogens is 1. The maximum atomic E-state index is 11.8. The van der Waals surface area contributed by atoms with E-state index in [0.29, 0.717) is 6.54 Å². The molecule has 0 spiro atoms. The number of aromatic carboxylic acids is 1. The zero-order chi connectivity index (χ0) is 13.8. The first-order chi connectivity index (χ1) is 8.35. The van der Waals surface area contributed by atoms with Gasteiger partial charge in [-0.2, -0.15) is 11.8 Å². The smallest absolute Gasteiger partial charge is 0.335 e. The van der Waals surface area contributed by atoms with Crippen LogP contribution in [-0.4, -0.2) is 39.5 Å². The van der Waals surface area contributed by atoms with Gasteiger partial charge in [0, 0.05) is 17.5 Å². The number of carbonyl (C=O) groups is 2. The summed E-state index contributed by atoms with van der Waals surface area (Å²) in [6.45, 7) is 4.52. The van der Waals surface area contributed by atoms with Crippen LogP contribution in [0.25, 0.3) is 0 Å². The standard InChI is InChI=1S/C12H16N2O3S/c1-12(2,18-3)7-14-10(15)9-6-8(11(16)17)4-5-13-9/h4-6H,7H2,1-3H3,(H,14,15)(H,16,17). The van der Waals surface area contributed by atoms with E-state index in [9.17, 15) is 9.59 Å². The molecule has 1 amide bonds. The van der Waals surface area contributed by atoms with E-state index < -0.39 is 5.97 Å². The number of carboxylic acid groups (broad SMARTS) is 1. The first-order valence-electron chi connectivity index (χ1n) is 5.38. The molecule has 0 saturated heterocycles. The molecule has 0 aliphatic carbocycles. The summed E-state index contributed by atoms with van der Waals surface area (Å²) in [5.41, 5.74) is 0.172. The second-order valence-corrected chi connectivity index (χ2v) is 5.89. The van der Waals surface area contributed by atoms with Crippen LogP contribution in [0.5, 0.6) is 0 Å². The van der Waals surface area contributed by atoms with E-state index in [1.807, 2.05) is 20.1 Å². The lowest BCUT2D eigenvalue weighted by molar-refractivity contribution is 0.0696. The van der Waals surface area contributed by atoms with Crippen molar-refractivity contribution in [2.45, 2.75) is 18.6 Å². The molecule has 1 heterocycles. The molecule has 0 bridgehead atoms. The maximum absolute atomic E-state index is 11.8. The number of rotatable bonds is 5. The fraction of sp³-hybridized carbons (Fsp3) is 0.417. The first-order valence-corrected chi connectivity index (χ1v) is 6.61. The van der Waals surface area contributed by atoms with Gasteiger partial charge < -0.3 is 10.4 Å². The normalized spacial score (nSPS) is 11.1. The summed E-state index contributed by atoms with van der Waals surface area (Å²) in [6, 6.07) is 2.62. The molecule has 0 unspecified atom stereocenters. The third-order valence-electron chi connectivity index (χ3n) is 2.47. The number of nitrogens with zero attached hydrogens (tertiary/aromatic N) is 1. The Bertz CT molecular complexity index is 460. The molecule has 0 aliphatic heterocycles. The average molecular weight is 268 g/mol. The molecule has 1 aromatic rings. The van der Waals surface area contributed by atoms with Gasteiger partial charge in [-0.3, -0.25) is 9.78 Å². The van der Waals surface area contributed by atoms with Gasteiger partial charge in [0.2, 0.25) is 0 Å². The molecule has 0 atom stereocenters. The molecule has 1 rings (SSSR count). The Morgan fingerprint density at radius 1 is 1.50 bits per heavy atom. The molecule has 18 heavy (non-hydrogen) atoms. The van der Waals surface area contributed by atoms with Crippen LogP contribution in [0.15, 0.2) is 18.3 Å². The quantitative estimate of drug-likeness (QED) is 0.849. The molecule has 1 aromatic heterocycles. The van der Waals surface area contributed by atoms with Gasteiger partial charge in [-0.15, -0.1) is 0 Å². The Morgan fingerprint density at radius 2 is 2.17 bits per heavy atom. The summed E-state index contributed by atoms with van der Waals surface area (Å²) in [5.74, 6) is -1.43. The number of nitrogens with one attached hydrogen (secondary N) is 1. The third kappa shape index (κ3) is 4.03. The van der Waals surface area contributed by atoms with Gasteiger partial charge in [0.25, 0.3) is 5.91 Å². The maximum Gasteiger partial charge on any atom is 0.335 e. The fourth-order valence-electron chi connectivity index (χ4n) is 1.14. The highest BCUT2D eigenvalue weighted by molar-refractivity contribution is 7.99. The number of hydrogen-bond acceptors (Lipinski definition) is 4. The van der Waals surface area contributed by atoms with Crippen LogP contribution >= 0.6 is 11.8 Å². The number of amides is 1. The summed E-state index contributed by atoms with van der Waals surface area (Å²) in [7, 11) is 0. The van der Waals surface area contributed by atoms with Crippen molar-refractivity contribution in [1.29, 1.82) is 0 Å². The van der Waals surface area contributed by atoms with Gasteiger partial charge >= 0.3 is 5.97 Å². The highest BCUT2D eigenvalue weighted by atomic mass is 32.2. The van der Waals surface area contributed by atoms with Crippen LogP contribution in [0.3, 0.4) is 0 Å². The van der Waals surface area contributed by atoms with Gasteiger partial charge in [0.15, 0.2) is 0 Å². The van der Waals surface area contributed by atoms with Gasteiger partial charge in [-0.1, -0.05) is 0 Å². The number of pyridine rings is 1. The number of thioether (sulfide) groups is 1. The molecule has 0 radical (unpaired) electrons. The Hall–Kier alpha value is -1.56.